The molecule has 0 bridgehead atoms. The van der Waals surface area contributed by atoms with Crippen LogP contribution in [0.2, 0.25) is 10.0 Å². The first kappa shape index (κ1) is 22.3. The van der Waals surface area contributed by atoms with Gasteiger partial charge in [0.25, 0.3) is 11.1 Å². The van der Waals surface area contributed by atoms with Crippen LogP contribution in [0.1, 0.15) is 11.5 Å². The van der Waals surface area contributed by atoms with E-state index in [4.69, 9.17) is 32.4 Å². The number of aromatic nitrogens is 2. The molecule has 12 heteroatoms. The average Bonchev–Trinajstić information content (AvgIpc) is 3.13. The van der Waals surface area contributed by atoms with Crippen molar-refractivity contribution in [3.05, 3.63) is 64.0 Å². The summed E-state index contributed by atoms with van der Waals surface area (Å²) in [4.78, 5) is 12.0. The molecule has 1 aromatic heterocycles. The number of nitrogens with one attached hydrogen (secondary N) is 1. The van der Waals surface area contributed by atoms with Gasteiger partial charge in [0, 0.05) is 5.02 Å². The fourth-order valence-corrected chi connectivity index (χ4v) is 3.28. The minimum absolute atomic E-state index is 0.0649. The number of anilines is 1. The molecule has 1 heterocycles. The summed E-state index contributed by atoms with van der Waals surface area (Å²) in [6, 6.07) is 9.41. The van der Waals surface area contributed by atoms with Gasteiger partial charge in [0.1, 0.15) is 5.75 Å². The lowest BCUT2D eigenvalue weighted by Gasteiger charge is -2.13. The molecule has 0 saturated heterocycles. The Morgan fingerprint density at radius 1 is 1.17 bits per heavy atom. The molecular formula is C18H12Cl2F3N3O3S. The van der Waals surface area contributed by atoms with Crippen molar-refractivity contribution in [3.63, 3.8) is 0 Å². The molecule has 30 heavy (non-hydrogen) atoms. The van der Waals surface area contributed by atoms with Crippen LogP contribution in [0.3, 0.4) is 0 Å². The highest BCUT2D eigenvalue weighted by Gasteiger charge is 2.33. The molecule has 0 aliphatic rings. The molecule has 0 aliphatic heterocycles. The second-order valence-corrected chi connectivity index (χ2v) is 7.48. The largest absolute Gasteiger partial charge is 0.482 e. The van der Waals surface area contributed by atoms with E-state index in [9.17, 15) is 18.0 Å². The van der Waals surface area contributed by atoms with E-state index in [0.29, 0.717) is 15.8 Å². The first-order valence-corrected chi connectivity index (χ1v) is 9.95. The second kappa shape index (κ2) is 9.59. The molecule has 0 aliphatic carbocycles. The molecule has 0 atom stereocenters. The van der Waals surface area contributed by atoms with Crippen molar-refractivity contribution in [2.24, 2.45) is 0 Å². The second-order valence-electron chi connectivity index (χ2n) is 5.71. The molecular weight excluding hydrogens is 466 g/mol. The fourth-order valence-electron chi connectivity index (χ4n) is 2.24. The molecule has 3 rings (SSSR count). The molecule has 0 fully saturated rings. The predicted octanol–water partition coefficient (Wildman–Crippen LogP) is 5.71. The number of hydrogen-bond acceptors (Lipinski definition) is 6. The summed E-state index contributed by atoms with van der Waals surface area (Å²) in [5, 5.41) is 10.6. The summed E-state index contributed by atoms with van der Waals surface area (Å²) in [7, 11) is 0. The monoisotopic (exact) mass is 477 g/mol. The molecule has 0 radical (unpaired) electrons. The van der Waals surface area contributed by atoms with Gasteiger partial charge in [0.15, 0.2) is 6.61 Å². The van der Waals surface area contributed by atoms with Crippen LogP contribution in [-0.4, -0.2) is 21.9 Å². The standard InChI is InChI=1S/C18H12Cl2F3N3O3S/c19-10-5-6-14(12(20)7-10)28-8-16-25-26-17(29-16)30-9-15(27)24-13-4-2-1-3-11(13)18(21,22)23/h1-7H,8-9H2,(H,24,27). The lowest BCUT2D eigenvalue weighted by Crippen LogP contribution is -2.18. The molecule has 1 amide bonds. The van der Waals surface area contributed by atoms with Crippen molar-refractivity contribution in [2.75, 3.05) is 11.1 Å². The zero-order valence-electron chi connectivity index (χ0n) is 14.9. The van der Waals surface area contributed by atoms with Gasteiger partial charge in [0.05, 0.1) is 22.0 Å². The number of amides is 1. The SMILES string of the molecule is O=C(CSc1nnc(COc2ccc(Cl)cc2Cl)o1)Nc1ccccc1C(F)(F)F. The van der Waals surface area contributed by atoms with Crippen LogP contribution >= 0.6 is 35.0 Å². The maximum atomic E-state index is 13.0. The van der Waals surface area contributed by atoms with Crippen LogP contribution < -0.4 is 10.1 Å². The predicted molar refractivity (Wildman–Crippen MR) is 106 cm³/mol. The Morgan fingerprint density at radius 2 is 1.93 bits per heavy atom. The van der Waals surface area contributed by atoms with Crippen LogP contribution in [0.15, 0.2) is 52.1 Å². The highest BCUT2D eigenvalue weighted by molar-refractivity contribution is 7.99. The molecule has 2 aromatic carbocycles. The maximum absolute atomic E-state index is 13.0. The van der Waals surface area contributed by atoms with Crippen LogP contribution in [-0.2, 0) is 17.6 Å². The van der Waals surface area contributed by atoms with Gasteiger partial charge in [-0.1, -0.05) is 47.1 Å². The fraction of sp³-hybridized carbons (Fsp3) is 0.167. The van der Waals surface area contributed by atoms with E-state index in [0.717, 1.165) is 17.8 Å². The van der Waals surface area contributed by atoms with Crippen molar-refractivity contribution in [1.82, 2.24) is 10.2 Å². The number of rotatable bonds is 7. The van der Waals surface area contributed by atoms with Crippen LogP contribution in [0.4, 0.5) is 18.9 Å². The van der Waals surface area contributed by atoms with Crippen molar-refractivity contribution < 1.29 is 27.1 Å². The smallest absolute Gasteiger partial charge is 0.418 e. The van der Waals surface area contributed by atoms with E-state index in [1.807, 2.05) is 0 Å². The number of para-hydroxylation sites is 1. The summed E-state index contributed by atoms with van der Waals surface area (Å²) in [5.74, 6) is -0.374. The Balaban J connectivity index is 1.52. The lowest BCUT2D eigenvalue weighted by molar-refractivity contribution is -0.137. The van der Waals surface area contributed by atoms with E-state index in [1.54, 1.807) is 12.1 Å². The van der Waals surface area contributed by atoms with Gasteiger partial charge < -0.3 is 14.5 Å². The van der Waals surface area contributed by atoms with Crippen molar-refractivity contribution in [2.45, 2.75) is 18.0 Å². The Bertz CT molecular complexity index is 1050. The van der Waals surface area contributed by atoms with Crippen molar-refractivity contribution in [1.29, 1.82) is 0 Å². The van der Waals surface area contributed by atoms with Gasteiger partial charge >= 0.3 is 6.18 Å². The lowest BCUT2D eigenvalue weighted by atomic mass is 10.1. The number of thioether (sulfide) groups is 1. The van der Waals surface area contributed by atoms with Gasteiger partial charge in [-0.2, -0.15) is 13.2 Å². The number of carbonyl (C=O) groups is 1. The molecule has 6 nitrogen and oxygen atoms in total. The third kappa shape index (κ3) is 6.04. The molecule has 0 spiro atoms. The van der Waals surface area contributed by atoms with Gasteiger partial charge in [-0.3, -0.25) is 4.79 Å². The first-order valence-electron chi connectivity index (χ1n) is 8.21. The number of benzene rings is 2. The number of nitrogens with zero attached hydrogens (tertiary/aromatic N) is 2. The van der Waals surface area contributed by atoms with Gasteiger partial charge in [0.2, 0.25) is 5.91 Å². The van der Waals surface area contributed by atoms with Crippen molar-refractivity contribution in [3.8, 4) is 5.75 Å². The summed E-state index contributed by atoms with van der Waals surface area (Å²) < 4.78 is 49.7. The van der Waals surface area contributed by atoms with E-state index >= 15 is 0 Å². The number of ether oxygens (including phenoxy) is 1. The van der Waals surface area contributed by atoms with Crippen LogP contribution in [0, 0.1) is 0 Å². The van der Waals surface area contributed by atoms with E-state index in [-0.39, 0.29) is 29.2 Å². The number of carbonyl (C=O) groups excluding carboxylic acids is 1. The zero-order chi connectivity index (χ0) is 21.7. The highest BCUT2D eigenvalue weighted by Crippen LogP contribution is 2.34. The van der Waals surface area contributed by atoms with E-state index in [2.05, 4.69) is 15.5 Å². The quantitative estimate of drug-likeness (QED) is 0.439. The topological polar surface area (TPSA) is 77.2 Å². The summed E-state index contributed by atoms with van der Waals surface area (Å²) in [5.41, 5.74) is -1.25. The molecule has 0 saturated carbocycles. The van der Waals surface area contributed by atoms with Crippen molar-refractivity contribution >= 4 is 46.6 Å². The minimum Gasteiger partial charge on any atom is -0.482 e. The molecule has 3 aromatic rings. The normalized spacial score (nSPS) is 11.4. The third-order valence-electron chi connectivity index (χ3n) is 3.53. The van der Waals surface area contributed by atoms with Gasteiger partial charge in [-0.15, -0.1) is 10.2 Å². The summed E-state index contributed by atoms with van der Waals surface area (Å²) in [6.07, 6.45) is -4.58. The Morgan fingerprint density at radius 3 is 2.67 bits per heavy atom. The van der Waals surface area contributed by atoms with Gasteiger partial charge in [-0.25, -0.2) is 0 Å². The number of hydrogen-bond donors (Lipinski definition) is 1. The minimum atomic E-state index is -4.58. The Hall–Kier alpha value is -2.43. The number of halogens is 5. The first-order chi connectivity index (χ1) is 14.2. The van der Waals surface area contributed by atoms with Gasteiger partial charge in [-0.05, 0) is 30.3 Å². The number of alkyl halides is 3. The zero-order valence-corrected chi connectivity index (χ0v) is 17.2. The highest BCUT2D eigenvalue weighted by atomic mass is 35.5. The Labute approximate surface area is 182 Å². The maximum Gasteiger partial charge on any atom is 0.418 e. The molecule has 1 N–H and O–H groups in total. The molecule has 158 valence electrons. The average molecular weight is 478 g/mol. The van der Waals surface area contributed by atoms with E-state index in [1.165, 1.54) is 24.3 Å². The molecule has 0 unspecified atom stereocenters. The summed E-state index contributed by atoms with van der Waals surface area (Å²) >= 11 is 12.7. The summed E-state index contributed by atoms with van der Waals surface area (Å²) in [6.45, 7) is -0.0694. The van der Waals surface area contributed by atoms with Crippen LogP contribution in [0.25, 0.3) is 0 Å². The Kier molecular flexibility index (Phi) is 7.11. The third-order valence-corrected chi connectivity index (χ3v) is 4.88. The van der Waals surface area contributed by atoms with E-state index < -0.39 is 17.6 Å². The van der Waals surface area contributed by atoms with Crippen LogP contribution in [0.5, 0.6) is 5.75 Å².